The van der Waals surface area contributed by atoms with Gasteiger partial charge in [0.2, 0.25) is 0 Å². The fourth-order valence-electron chi connectivity index (χ4n) is 8.01. The highest BCUT2D eigenvalue weighted by molar-refractivity contribution is 5.76. The summed E-state index contributed by atoms with van der Waals surface area (Å²) in [6.45, 7) is 0. The molecule has 9 rings (SSSR count). The molecule has 0 aromatic heterocycles. The summed E-state index contributed by atoms with van der Waals surface area (Å²) >= 11 is 0. The van der Waals surface area contributed by atoms with E-state index in [0.717, 1.165) is 6.42 Å². The van der Waals surface area contributed by atoms with Crippen LogP contribution in [0.4, 0.5) is 0 Å². The summed E-state index contributed by atoms with van der Waals surface area (Å²) in [5, 5.41) is 0. The Bertz CT molecular complexity index is 750. The number of hydrogen-bond acceptors (Lipinski definition) is 0. The standard InChI is InChI=1S/C13H10.C10H16.C6H12.C5H10/c1-3-7-12-10(5-1)9-11-6-2-4-8-13(11)12;1-7-2-9-4-8(1)5-10(3-7)6-9;1-2-4-6-5-3-1;1-2-4-5-3-1/h1-8H,9H2;7-10H,1-6H2;1-6H2;1-5H2. The van der Waals surface area contributed by atoms with Crippen LogP contribution in [-0.4, -0.2) is 0 Å². The van der Waals surface area contributed by atoms with E-state index in [1.54, 1.807) is 38.5 Å². The molecule has 0 saturated heterocycles. The summed E-state index contributed by atoms with van der Waals surface area (Å²) in [4.78, 5) is 0. The van der Waals surface area contributed by atoms with Gasteiger partial charge in [0.25, 0.3) is 0 Å². The smallest absolute Gasteiger partial charge is 0.00135 e. The molecule has 7 aliphatic carbocycles. The van der Waals surface area contributed by atoms with Gasteiger partial charge in [-0.15, -0.1) is 0 Å². The molecule has 0 heterocycles. The first-order valence-corrected chi connectivity index (χ1v) is 15.0. The van der Waals surface area contributed by atoms with Crippen LogP contribution >= 0.6 is 0 Å². The van der Waals surface area contributed by atoms with E-state index in [1.165, 1.54) is 117 Å². The molecular formula is C34H48. The summed E-state index contributed by atoms with van der Waals surface area (Å²) in [7, 11) is 0. The predicted molar refractivity (Wildman–Crippen MR) is 147 cm³/mol. The second-order valence-corrected chi connectivity index (χ2v) is 12.3. The van der Waals surface area contributed by atoms with E-state index >= 15 is 0 Å². The van der Waals surface area contributed by atoms with E-state index in [2.05, 4.69) is 48.5 Å². The lowest BCUT2D eigenvalue weighted by Gasteiger charge is -2.49. The van der Waals surface area contributed by atoms with E-state index in [4.69, 9.17) is 0 Å². The van der Waals surface area contributed by atoms with Crippen LogP contribution in [0.1, 0.15) is 120 Å². The lowest BCUT2D eigenvalue weighted by Crippen LogP contribution is -2.38. The molecule has 0 aliphatic heterocycles. The van der Waals surface area contributed by atoms with Crippen molar-refractivity contribution in [2.24, 2.45) is 23.7 Å². The van der Waals surface area contributed by atoms with Gasteiger partial charge in [-0.25, -0.2) is 0 Å². The van der Waals surface area contributed by atoms with Gasteiger partial charge in [-0.05, 0) is 90.9 Å². The van der Waals surface area contributed by atoms with Crippen LogP contribution in [-0.2, 0) is 6.42 Å². The fourth-order valence-corrected chi connectivity index (χ4v) is 8.01. The third-order valence-electron chi connectivity index (χ3n) is 9.46. The molecule has 34 heavy (non-hydrogen) atoms. The lowest BCUT2D eigenvalue weighted by atomic mass is 9.56. The highest BCUT2D eigenvalue weighted by Gasteiger charge is 2.41. The molecule has 0 unspecified atom stereocenters. The molecule has 0 radical (unpaired) electrons. The molecule has 4 bridgehead atoms. The van der Waals surface area contributed by atoms with E-state index in [1.807, 2.05) is 0 Å². The molecule has 0 nitrogen and oxygen atoms in total. The average molecular weight is 457 g/mol. The maximum Gasteiger partial charge on any atom is -0.00135 e. The highest BCUT2D eigenvalue weighted by Crippen LogP contribution is 2.53. The van der Waals surface area contributed by atoms with Crippen molar-refractivity contribution in [3.05, 3.63) is 59.7 Å². The predicted octanol–water partition coefficient (Wildman–Crippen LogP) is 10.4. The van der Waals surface area contributed by atoms with Gasteiger partial charge in [-0.2, -0.15) is 0 Å². The lowest BCUT2D eigenvalue weighted by molar-refractivity contribution is 0.0198. The number of fused-ring (bicyclic) bond motifs is 3. The summed E-state index contributed by atoms with van der Waals surface area (Å²) in [5.41, 5.74) is 5.75. The maximum atomic E-state index is 2.22. The fraction of sp³-hybridized carbons (Fsp3) is 0.647. The molecule has 2 aromatic rings. The minimum absolute atomic E-state index is 1.10. The summed E-state index contributed by atoms with van der Waals surface area (Å²) in [6, 6.07) is 17.3. The van der Waals surface area contributed by atoms with Crippen molar-refractivity contribution in [3.63, 3.8) is 0 Å². The van der Waals surface area contributed by atoms with E-state index in [9.17, 15) is 0 Å². The molecule has 184 valence electrons. The first kappa shape index (κ1) is 24.1. The van der Waals surface area contributed by atoms with Crippen molar-refractivity contribution in [1.82, 2.24) is 0 Å². The zero-order chi connectivity index (χ0) is 23.0. The van der Waals surface area contributed by atoms with Crippen molar-refractivity contribution in [2.45, 2.75) is 116 Å². The van der Waals surface area contributed by atoms with Crippen molar-refractivity contribution in [2.75, 3.05) is 0 Å². The van der Waals surface area contributed by atoms with Crippen LogP contribution in [0, 0.1) is 23.7 Å². The normalized spacial score (nSPS) is 29.4. The van der Waals surface area contributed by atoms with E-state index < -0.39 is 0 Å². The van der Waals surface area contributed by atoms with Gasteiger partial charge in [0, 0.05) is 0 Å². The summed E-state index contributed by atoms with van der Waals surface area (Å²) in [5.74, 6) is 4.71. The van der Waals surface area contributed by atoms with Crippen LogP contribution in [0.25, 0.3) is 11.1 Å². The van der Waals surface area contributed by atoms with Gasteiger partial charge in [0.15, 0.2) is 0 Å². The number of rotatable bonds is 0. The summed E-state index contributed by atoms with van der Waals surface area (Å²) < 4.78 is 0. The van der Waals surface area contributed by atoms with Gasteiger partial charge >= 0.3 is 0 Å². The van der Waals surface area contributed by atoms with Crippen molar-refractivity contribution < 1.29 is 0 Å². The Labute approximate surface area is 209 Å². The van der Waals surface area contributed by atoms with E-state index in [-0.39, 0.29) is 0 Å². The zero-order valence-electron chi connectivity index (χ0n) is 21.7. The van der Waals surface area contributed by atoms with Crippen LogP contribution in [0.5, 0.6) is 0 Å². The van der Waals surface area contributed by atoms with Gasteiger partial charge < -0.3 is 0 Å². The Balaban J connectivity index is 0.000000101. The monoisotopic (exact) mass is 456 g/mol. The quantitative estimate of drug-likeness (QED) is 0.315. The minimum atomic E-state index is 1.10. The molecule has 0 amide bonds. The molecule has 7 aliphatic rings. The van der Waals surface area contributed by atoms with Crippen LogP contribution in [0.15, 0.2) is 48.5 Å². The molecule has 6 fully saturated rings. The molecule has 0 heteroatoms. The van der Waals surface area contributed by atoms with Crippen molar-refractivity contribution in [3.8, 4) is 11.1 Å². The van der Waals surface area contributed by atoms with Crippen molar-refractivity contribution >= 4 is 0 Å². The third-order valence-corrected chi connectivity index (χ3v) is 9.46. The molecule has 0 atom stereocenters. The Morgan fingerprint density at radius 3 is 0.912 bits per heavy atom. The Morgan fingerprint density at radius 1 is 0.353 bits per heavy atom. The molecule has 0 spiro atoms. The first-order chi connectivity index (χ1) is 16.8. The topological polar surface area (TPSA) is 0 Å². The molecule has 6 saturated carbocycles. The second kappa shape index (κ2) is 12.4. The maximum absolute atomic E-state index is 2.22. The van der Waals surface area contributed by atoms with Gasteiger partial charge in [-0.3, -0.25) is 0 Å². The molecular weight excluding hydrogens is 408 g/mol. The van der Waals surface area contributed by atoms with Crippen LogP contribution < -0.4 is 0 Å². The SMILES string of the molecule is C1C2CC3CC1CC(C2)C3.C1CCCC1.C1CCCCC1.c1ccc2c(c1)Cc1ccccc1-2. The van der Waals surface area contributed by atoms with Gasteiger partial charge in [-0.1, -0.05) is 119 Å². The Kier molecular flexibility index (Phi) is 8.82. The largest absolute Gasteiger partial charge is 0.0619 e. The number of hydrogen-bond donors (Lipinski definition) is 0. The van der Waals surface area contributed by atoms with Crippen LogP contribution in [0.3, 0.4) is 0 Å². The van der Waals surface area contributed by atoms with Gasteiger partial charge in [0.1, 0.15) is 0 Å². The molecule has 2 aromatic carbocycles. The van der Waals surface area contributed by atoms with Crippen molar-refractivity contribution in [1.29, 1.82) is 0 Å². The first-order valence-electron chi connectivity index (χ1n) is 15.0. The Morgan fingerprint density at radius 2 is 0.618 bits per heavy atom. The number of benzene rings is 2. The molecule has 0 N–H and O–H groups in total. The average Bonchev–Trinajstić information content (AvgIpc) is 3.57. The summed E-state index contributed by atoms with van der Waals surface area (Å²) in [6.07, 6.45) is 27.2. The zero-order valence-corrected chi connectivity index (χ0v) is 21.7. The van der Waals surface area contributed by atoms with Gasteiger partial charge in [0.05, 0.1) is 0 Å². The second-order valence-electron chi connectivity index (χ2n) is 12.3. The highest BCUT2D eigenvalue weighted by atomic mass is 14.5. The van der Waals surface area contributed by atoms with Crippen LogP contribution in [0.2, 0.25) is 0 Å². The third kappa shape index (κ3) is 6.56. The Hall–Kier alpha value is -1.56. The van der Waals surface area contributed by atoms with E-state index in [0.29, 0.717) is 0 Å². The minimum Gasteiger partial charge on any atom is -0.0619 e.